The fourth-order valence-corrected chi connectivity index (χ4v) is 2.11. The number of fused-ring (bicyclic) bond motifs is 1. The summed E-state index contributed by atoms with van der Waals surface area (Å²) in [5.41, 5.74) is 1.10. The van der Waals surface area contributed by atoms with E-state index in [9.17, 15) is 9.59 Å². The van der Waals surface area contributed by atoms with Crippen LogP contribution in [0.25, 0.3) is 0 Å². The predicted octanol–water partition coefficient (Wildman–Crippen LogP) is 1.64. The van der Waals surface area contributed by atoms with Crippen LogP contribution in [0.3, 0.4) is 0 Å². The number of hydrogen-bond acceptors (Lipinski definition) is 2. The van der Waals surface area contributed by atoms with Crippen molar-refractivity contribution in [2.24, 2.45) is 5.92 Å². The van der Waals surface area contributed by atoms with Crippen molar-refractivity contribution >= 4 is 11.6 Å². The van der Waals surface area contributed by atoms with E-state index in [1.54, 1.807) is 6.08 Å². The lowest BCUT2D eigenvalue weighted by Crippen LogP contribution is -2.25. The minimum absolute atomic E-state index is 0.108. The Hall–Kier alpha value is -0.920. The van der Waals surface area contributed by atoms with Gasteiger partial charge in [0, 0.05) is 18.8 Å². The molecule has 64 valence electrons. The lowest BCUT2D eigenvalue weighted by atomic mass is 9.77. The first kappa shape index (κ1) is 7.71. The van der Waals surface area contributed by atoms with Gasteiger partial charge in [0.25, 0.3) is 0 Å². The molecule has 12 heavy (non-hydrogen) atoms. The van der Waals surface area contributed by atoms with Gasteiger partial charge < -0.3 is 0 Å². The summed E-state index contributed by atoms with van der Waals surface area (Å²) >= 11 is 0. The number of Topliss-reactive ketones (excluding diaryl/α,β-unsaturated/α-hetero) is 1. The normalized spacial score (nSPS) is 29.7. The number of allylic oxidation sites excluding steroid dienone is 2. The van der Waals surface area contributed by atoms with Gasteiger partial charge >= 0.3 is 0 Å². The van der Waals surface area contributed by atoms with Crippen LogP contribution in [0.2, 0.25) is 0 Å². The average molecular weight is 164 g/mol. The maximum absolute atomic E-state index is 11.4. The molecule has 0 aromatic carbocycles. The Bertz CT molecular complexity index is 263. The van der Waals surface area contributed by atoms with Crippen molar-refractivity contribution in [3.8, 4) is 0 Å². The van der Waals surface area contributed by atoms with Crippen molar-refractivity contribution in [2.75, 3.05) is 0 Å². The van der Waals surface area contributed by atoms with E-state index in [1.807, 2.05) is 0 Å². The van der Waals surface area contributed by atoms with Gasteiger partial charge in [-0.25, -0.2) is 0 Å². The van der Waals surface area contributed by atoms with Crippen LogP contribution in [0.4, 0.5) is 0 Å². The van der Waals surface area contributed by atoms with E-state index in [0.717, 1.165) is 31.3 Å². The van der Waals surface area contributed by atoms with Gasteiger partial charge in [0.05, 0.1) is 0 Å². The topological polar surface area (TPSA) is 34.1 Å². The first-order chi connectivity index (χ1) is 5.77. The molecule has 0 radical (unpaired) electrons. The zero-order chi connectivity index (χ0) is 8.55. The molecule has 0 unspecified atom stereocenters. The van der Waals surface area contributed by atoms with Crippen molar-refractivity contribution in [3.05, 3.63) is 11.6 Å². The van der Waals surface area contributed by atoms with E-state index in [2.05, 4.69) is 0 Å². The van der Waals surface area contributed by atoms with Crippen LogP contribution in [-0.4, -0.2) is 11.6 Å². The Morgan fingerprint density at radius 1 is 1.17 bits per heavy atom. The molecule has 2 heteroatoms. The Kier molecular flexibility index (Phi) is 1.83. The molecule has 0 aliphatic heterocycles. The minimum Gasteiger partial charge on any atom is -0.299 e. The summed E-state index contributed by atoms with van der Waals surface area (Å²) < 4.78 is 0. The predicted molar refractivity (Wildman–Crippen MR) is 44.7 cm³/mol. The largest absolute Gasteiger partial charge is 0.299 e. The van der Waals surface area contributed by atoms with Crippen LogP contribution in [0.1, 0.15) is 32.1 Å². The molecular formula is C10H12O2. The third kappa shape index (κ3) is 1.22. The highest BCUT2D eigenvalue weighted by Crippen LogP contribution is 2.33. The lowest BCUT2D eigenvalue weighted by molar-refractivity contribution is -0.123. The van der Waals surface area contributed by atoms with Gasteiger partial charge in [-0.05, 0) is 25.3 Å². The molecule has 0 N–H and O–H groups in total. The van der Waals surface area contributed by atoms with Crippen LogP contribution in [0, 0.1) is 5.92 Å². The summed E-state index contributed by atoms with van der Waals surface area (Å²) in [7, 11) is 0. The van der Waals surface area contributed by atoms with Gasteiger partial charge in [0.1, 0.15) is 5.78 Å². The lowest BCUT2D eigenvalue weighted by Gasteiger charge is -2.26. The average Bonchev–Trinajstić information content (AvgIpc) is 2.04. The van der Waals surface area contributed by atoms with Gasteiger partial charge in [-0.1, -0.05) is 5.57 Å². The number of ketones is 2. The van der Waals surface area contributed by atoms with E-state index in [0.29, 0.717) is 12.2 Å². The van der Waals surface area contributed by atoms with Crippen molar-refractivity contribution < 1.29 is 9.59 Å². The van der Waals surface area contributed by atoms with Crippen molar-refractivity contribution in [1.82, 2.24) is 0 Å². The van der Waals surface area contributed by atoms with Crippen molar-refractivity contribution in [3.63, 3.8) is 0 Å². The Balaban J connectivity index is 2.26. The molecule has 0 spiro atoms. The molecule has 0 amide bonds. The number of rotatable bonds is 0. The van der Waals surface area contributed by atoms with Gasteiger partial charge in [-0.2, -0.15) is 0 Å². The summed E-state index contributed by atoms with van der Waals surface area (Å²) in [4.78, 5) is 22.4. The molecule has 2 rings (SSSR count). The molecular weight excluding hydrogens is 152 g/mol. The molecule has 0 aromatic rings. The number of carbonyl (C=O) groups is 2. The van der Waals surface area contributed by atoms with Gasteiger partial charge in [0.2, 0.25) is 0 Å². The SMILES string of the molecule is O=C1C=C2CCCC(=O)[C@@H]2CC1. The summed E-state index contributed by atoms with van der Waals surface area (Å²) in [6.07, 6.45) is 5.65. The Labute approximate surface area is 71.6 Å². The number of hydrogen-bond donors (Lipinski definition) is 0. The maximum atomic E-state index is 11.4. The van der Waals surface area contributed by atoms with Gasteiger partial charge in [-0.3, -0.25) is 9.59 Å². The highest BCUT2D eigenvalue weighted by molar-refractivity contribution is 5.95. The smallest absolute Gasteiger partial charge is 0.155 e. The fraction of sp³-hybridized carbons (Fsp3) is 0.600. The second-order valence-electron chi connectivity index (χ2n) is 3.60. The van der Waals surface area contributed by atoms with Gasteiger partial charge in [0.15, 0.2) is 5.78 Å². The van der Waals surface area contributed by atoms with E-state index >= 15 is 0 Å². The first-order valence-corrected chi connectivity index (χ1v) is 4.53. The van der Waals surface area contributed by atoms with Crippen LogP contribution in [-0.2, 0) is 9.59 Å². The van der Waals surface area contributed by atoms with Crippen LogP contribution in [0.15, 0.2) is 11.6 Å². The molecule has 0 saturated heterocycles. The molecule has 1 saturated carbocycles. The molecule has 0 bridgehead atoms. The van der Waals surface area contributed by atoms with Crippen LogP contribution >= 0.6 is 0 Å². The quantitative estimate of drug-likeness (QED) is 0.545. The Morgan fingerprint density at radius 3 is 2.83 bits per heavy atom. The second kappa shape index (κ2) is 2.85. The van der Waals surface area contributed by atoms with E-state index < -0.39 is 0 Å². The van der Waals surface area contributed by atoms with E-state index in [-0.39, 0.29) is 11.7 Å². The third-order valence-corrected chi connectivity index (χ3v) is 2.75. The van der Waals surface area contributed by atoms with E-state index in [1.165, 1.54) is 0 Å². The van der Waals surface area contributed by atoms with Gasteiger partial charge in [-0.15, -0.1) is 0 Å². The van der Waals surface area contributed by atoms with E-state index in [4.69, 9.17) is 0 Å². The molecule has 0 heterocycles. The summed E-state index contributed by atoms with van der Waals surface area (Å²) in [6, 6.07) is 0. The standard InChI is InChI=1S/C10H12O2/c11-8-4-5-9-7(6-8)2-1-3-10(9)12/h6,9H,1-5H2/t9-/m1/s1. The summed E-state index contributed by atoms with van der Waals surface area (Å²) in [5.74, 6) is 0.660. The molecule has 2 nitrogen and oxygen atoms in total. The monoisotopic (exact) mass is 164 g/mol. The summed E-state index contributed by atoms with van der Waals surface area (Å²) in [5, 5.41) is 0. The first-order valence-electron chi connectivity index (χ1n) is 4.53. The Morgan fingerprint density at radius 2 is 2.00 bits per heavy atom. The molecule has 1 fully saturated rings. The fourth-order valence-electron chi connectivity index (χ4n) is 2.11. The minimum atomic E-state index is 0.108. The number of carbonyl (C=O) groups excluding carboxylic acids is 2. The maximum Gasteiger partial charge on any atom is 0.155 e. The molecule has 2 aliphatic carbocycles. The summed E-state index contributed by atoms with van der Waals surface area (Å²) in [6.45, 7) is 0. The molecule has 0 aromatic heterocycles. The second-order valence-corrected chi connectivity index (χ2v) is 3.60. The highest BCUT2D eigenvalue weighted by Gasteiger charge is 2.29. The zero-order valence-electron chi connectivity index (χ0n) is 7.01. The highest BCUT2D eigenvalue weighted by atomic mass is 16.1. The van der Waals surface area contributed by atoms with Crippen molar-refractivity contribution in [1.29, 1.82) is 0 Å². The van der Waals surface area contributed by atoms with Crippen molar-refractivity contribution in [2.45, 2.75) is 32.1 Å². The zero-order valence-corrected chi connectivity index (χ0v) is 7.01. The van der Waals surface area contributed by atoms with Crippen LogP contribution in [0.5, 0.6) is 0 Å². The van der Waals surface area contributed by atoms with Crippen LogP contribution < -0.4 is 0 Å². The molecule has 1 atom stereocenters. The third-order valence-electron chi connectivity index (χ3n) is 2.75. The molecule has 2 aliphatic rings.